The highest BCUT2D eigenvalue weighted by Gasteiger charge is 2.37. The summed E-state index contributed by atoms with van der Waals surface area (Å²) in [5, 5.41) is 0.621. The Bertz CT molecular complexity index is 1010. The van der Waals surface area contributed by atoms with Crippen molar-refractivity contribution < 1.29 is 9.59 Å². The Morgan fingerprint density at radius 2 is 2.08 bits per heavy atom. The van der Waals surface area contributed by atoms with Gasteiger partial charge in [0.2, 0.25) is 0 Å². The molecule has 1 aromatic carbocycles. The molecule has 1 aliphatic rings. The molecule has 1 aliphatic heterocycles. The van der Waals surface area contributed by atoms with Gasteiger partial charge in [-0.3, -0.25) is 14.5 Å². The molecule has 9 heteroatoms. The van der Waals surface area contributed by atoms with Gasteiger partial charge in [-0.1, -0.05) is 34.7 Å². The van der Waals surface area contributed by atoms with E-state index in [9.17, 15) is 9.59 Å². The van der Waals surface area contributed by atoms with E-state index in [-0.39, 0.29) is 15.2 Å². The Morgan fingerprint density at radius 1 is 1.27 bits per heavy atom. The fourth-order valence-electron chi connectivity index (χ4n) is 2.46. The first-order valence-corrected chi connectivity index (χ1v) is 11.3. The van der Waals surface area contributed by atoms with E-state index in [0.717, 1.165) is 37.0 Å². The maximum absolute atomic E-state index is 12.4. The Hall–Kier alpha value is -1.30. The first-order valence-electron chi connectivity index (χ1n) is 7.65. The molecule has 1 fully saturated rings. The molecule has 1 saturated heterocycles. The number of rotatable bonds is 4. The lowest BCUT2D eigenvalue weighted by Gasteiger charge is -2.14. The number of benzene rings is 1. The minimum absolute atomic E-state index is 0.159. The van der Waals surface area contributed by atoms with E-state index in [0.29, 0.717) is 4.91 Å². The standard InChI is InChI=1S/C17H12IN3O2S3/c1-9(18)21-15(22)13(25-17(21)23)8-10-6-7-14(24-10)26-16-19-11-4-2-3-5-12(11)20-16/h2-9H,1H3,(H,19,20)/b13-8-. The zero-order chi connectivity index (χ0) is 18.3. The summed E-state index contributed by atoms with van der Waals surface area (Å²) in [6.07, 6.45) is 1.79. The molecule has 0 radical (unpaired) electrons. The highest BCUT2D eigenvalue weighted by atomic mass is 127. The van der Waals surface area contributed by atoms with Crippen LogP contribution in [-0.2, 0) is 4.79 Å². The van der Waals surface area contributed by atoms with Crippen LogP contribution in [0.25, 0.3) is 17.1 Å². The van der Waals surface area contributed by atoms with Crippen LogP contribution in [0.15, 0.2) is 50.7 Å². The van der Waals surface area contributed by atoms with Crippen LogP contribution in [0.1, 0.15) is 11.8 Å². The van der Waals surface area contributed by atoms with Crippen LogP contribution < -0.4 is 0 Å². The van der Waals surface area contributed by atoms with Crippen LogP contribution in [0.3, 0.4) is 0 Å². The molecule has 1 N–H and O–H groups in total. The van der Waals surface area contributed by atoms with E-state index < -0.39 is 0 Å². The van der Waals surface area contributed by atoms with Crippen molar-refractivity contribution in [1.82, 2.24) is 14.9 Å². The lowest BCUT2D eigenvalue weighted by atomic mass is 10.3. The maximum Gasteiger partial charge on any atom is 0.294 e. The fourth-order valence-corrected chi connectivity index (χ4v) is 6.13. The van der Waals surface area contributed by atoms with Gasteiger partial charge in [-0.05, 0) is 60.8 Å². The third kappa shape index (κ3) is 3.57. The second-order valence-electron chi connectivity index (χ2n) is 5.44. The van der Waals surface area contributed by atoms with Crippen LogP contribution >= 0.6 is 57.5 Å². The molecule has 3 heterocycles. The van der Waals surface area contributed by atoms with Gasteiger partial charge >= 0.3 is 0 Å². The number of aromatic amines is 1. The second kappa shape index (κ2) is 7.37. The van der Waals surface area contributed by atoms with Gasteiger partial charge in [-0.25, -0.2) is 4.98 Å². The number of nitrogens with zero attached hydrogens (tertiary/aromatic N) is 2. The number of H-pyrrole nitrogens is 1. The normalized spacial score (nSPS) is 17.6. The van der Waals surface area contributed by atoms with Gasteiger partial charge in [0.25, 0.3) is 11.1 Å². The predicted molar refractivity (Wildman–Crippen MR) is 116 cm³/mol. The zero-order valence-corrected chi connectivity index (χ0v) is 18.0. The molecule has 0 aliphatic carbocycles. The number of hydrogen-bond donors (Lipinski definition) is 1. The summed E-state index contributed by atoms with van der Waals surface area (Å²) in [6.45, 7) is 1.83. The number of hydrogen-bond acceptors (Lipinski definition) is 6. The topological polar surface area (TPSA) is 66.1 Å². The van der Waals surface area contributed by atoms with Gasteiger partial charge in [0.05, 0.1) is 24.2 Å². The van der Waals surface area contributed by atoms with Crippen LogP contribution in [0, 0.1) is 0 Å². The first-order chi connectivity index (χ1) is 12.5. The number of thioether (sulfide) groups is 1. The van der Waals surface area contributed by atoms with E-state index in [1.165, 1.54) is 4.90 Å². The lowest BCUT2D eigenvalue weighted by Crippen LogP contribution is -2.32. The van der Waals surface area contributed by atoms with Gasteiger partial charge < -0.3 is 4.98 Å². The van der Waals surface area contributed by atoms with Crippen LogP contribution in [-0.4, -0.2) is 30.1 Å². The molecule has 26 heavy (non-hydrogen) atoms. The monoisotopic (exact) mass is 513 g/mol. The van der Waals surface area contributed by atoms with Crippen LogP contribution in [0.4, 0.5) is 4.79 Å². The number of halogens is 1. The van der Waals surface area contributed by atoms with E-state index >= 15 is 0 Å². The number of aromatic nitrogens is 2. The number of alkyl halides is 1. The summed E-state index contributed by atoms with van der Waals surface area (Å²) in [5.41, 5.74) is 1.95. The fraction of sp³-hybridized carbons (Fsp3) is 0.118. The summed E-state index contributed by atoms with van der Waals surface area (Å²) < 4.78 is 0.908. The summed E-state index contributed by atoms with van der Waals surface area (Å²) in [7, 11) is 0. The molecule has 0 saturated carbocycles. The van der Waals surface area contributed by atoms with Gasteiger partial charge in [-0.2, -0.15) is 0 Å². The molecular weight excluding hydrogens is 501 g/mol. The minimum atomic E-state index is -0.221. The minimum Gasteiger partial charge on any atom is -0.333 e. The molecular formula is C17H12IN3O2S3. The van der Waals surface area contributed by atoms with Gasteiger partial charge in [0, 0.05) is 4.88 Å². The highest BCUT2D eigenvalue weighted by molar-refractivity contribution is 14.1. The molecule has 2 amide bonds. The van der Waals surface area contributed by atoms with E-state index in [1.54, 1.807) is 29.2 Å². The van der Waals surface area contributed by atoms with Crippen molar-refractivity contribution >= 4 is 85.7 Å². The summed E-state index contributed by atoms with van der Waals surface area (Å²) in [6, 6.07) is 11.9. The lowest BCUT2D eigenvalue weighted by molar-refractivity contribution is -0.122. The SMILES string of the molecule is CC(I)N1C(=O)S/C(=C\c2ccc(Sc3nc4ccccc4[nH]3)s2)C1=O. The molecule has 3 aromatic rings. The summed E-state index contributed by atoms with van der Waals surface area (Å²) >= 11 is 6.18. The Kier molecular flexibility index (Phi) is 5.13. The highest BCUT2D eigenvalue weighted by Crippen LogP contribution is 2.38. The van der Waals surface area contributed by atoms with Crippen molar-refractivity contribution in [3.63, 3.8) is 0 Å². The third-order valence-electron chi connectivity index (χ3n) is 3.62. The predicted octanol–water partition coefficient (Wildman–Crippen LogP) is 5.59. The number of nitrogens with one attached hydrogen (secondary N) is 1. The van der Waals surface area contributed by atoms with Gasteiger partial charge in [0.1, 0.15) is 0 Å². The largest absolute Gasteiger partial charge is 0.333 e. The maximum atomic E-state index is 12.4. The second-order valence-corrected chi connectivity index (χ2v) is 10.6. The number of imidazole rings is 1. The van der Waals surface area contributed by atoms with Crippen LogP contribution in [0.5, 0.6) is 0 Å². The number of amides is 2. The summed E-state index contributed by atoms with van der Waals surface area (Å²) in [4.78, 5) is 34.9. The molecule has 2 aromatic heterocycles. The number of carbonyl (C=O) groups is 2. The molecule has 4 rings (SSSR count). The average Bonchev–Trinajstić information content (AvgIpc) is 3.26. The van der Waals surface area contributed by atoms with Crippen molar-refractivity contribution in [2.45, 2.75) is 20.3 Å². The van der Waals surface area contributed by atoms with Crippen molar-refractivity contribution in [2.24, 2.45) is 0 Å². The number of imide groups is 1. The molecule has 0 spiro atoms. The van der Waals surface area contributed by atoms with Gasteiger partial charge in [0.15, 0.2) is 5.16 Å². The average molecular weight is 513 g/mol. The Labute approximate surface area is 175 Å². The first kappa shape index (κ1) is 18.1. The van der Waals surface area contributed by atoms with Crippen LogP contribution in [0.2, 0.25) is 0 Å². The quantitative estimate of drug-likeness (QED) is 0.213. The van der Waals surface area contributed by atoms with E-state index in [4.69, 9.17) is 0 Å². The Morgan fingerprint density at radius 3 is 2.81 bits per heavy atom. The van der Waals surface area contributed by atoms with Gasteiger partial charge in [-0.15, -0.1) is 11.3 Å². The summed E-state index contributed by atoms with van der Waals surface area (Å²) in [5.74, 6) is -0.221. The number of fused-ring (bicyclic) bond motifs is 1. The van der Waals surface area contributed by atoms with Crippen molar-refractivity contribution in [2.75, 3.05) is 0 Å². The smallest absolute Gasteiger partial charge is 0.294 e. The molecule has 1 atom stereocenters. The molecule has 132 valence electrons. The van der Waals surface area contributed by atoms with Crippen molar-refractivity contribution in [1.29, 1.82) is 0 Å². The number of thiophene rings is 1. The zero-order valence-electron chi connectivity index (χ0n) is 13.4. The molecule has 5 nitrogen and oxygen atoms in total. The molecule has 0 bridgehead atoms. The van der Waals surface area contributed by atoms with E-state index in [2.05, 4.69) is 32.6 Å². The van der Waals surface area contributed by atoms with Crippen molar-refractivity contribution in [3.05, 3.63) is 46.2 Å². The number of para-hydroxylation sites is 2. The molecule has 1 unspecified atom stereocenters. The van der Waals surface area contributed by atoms with E-state index in [1.807, 2.05) is 43.3 Å². The third-order valence-corrected chi connectivity index (χ3v) is 7.11. The number of carbonyl (C=O) groups excluding carboxylic acids is 2. The Balaban J connectivity index is 1.53. The van der Waals surface area contributed by atoms with Crippen molar-refractivity contribution in [3.8, 4) is 0 Å².